The Balaban J connectivity index is 1.28. The molecule has 1 aliphatic heterocycles. The Morgan fingerprint density at radius 3 is 2.37 bits per heavy atom. The molecule has 0 radical (unpaired) electrons. The van der Waals surface area contributed by atoms with Crippen LogP contribution in [0.2, 0.25) is 0 Å². The number of nitrogens with two attached hydrogens (primary N) is 1. The molecule has 0 unspecified atom stereocenters. The second-order valence-corrected chi connectivity index (χ2v) is 8.03. The van der Waals surface area contributed by atoms with Gasteiger partial charge in [-0.1, -0.05) is 30.3 Å². The molecule has 2 aromatic carbocycles. The SMILES string of the molecule is COc1ccc(OCC(=O)N2CCN(c3nc(N)nc4ncc(-c5ccccc5)nc34)CC2)cc1. The van der Waals surface area contributed by atoms with Gasteiger partial charge in [-0.3, -0.25) is 4.79 Å². The Kier molecular flexibility index (Phi) is 6.25. The highest BCUT2D eigenvalue weighted by Gasteiger charge is 2.25. The van der Waals surface area contributed by atoms with E-state index in [1.165, 1.54) is 0 Å². The number of nitrogen functional groups attached to an aromatic ring is 1. The number of anilines is 2. The number of rotatable bonds is 6. The van der Waals surface area contributed by atoms with Crippen LogP contribution in [0, 0.1) is 0 Å². The minimum Gasteiger partial charge on any atom is -0.497 e. The van der Waals surface area contributed by atoms with Gasteiger partial charge in [-0.15, -0.1) is 0 Å². The highest BCUT2D eigenvalue weighted by atomic mass is 16.5. The number of amides is 1. The maximum absolute atomic E-state index is 12.7. The standard InChI is InChI=1S/C25H25N7O3/c1-34-18-7-9-19(10-8-18)35-16-21(33)31-11-13-32(14-12-31)24-22-23(29-25(26)30-24)27-15-20(28-22)17-5-3-2-4-6-17/h2-10,15H,11-14,16H2,1H3,(H2,26,27,29,30). The number of methoxy groups -OCH3 is 1. The molecule has 5 rings (SSSR count). The monoisotopic (exact) mass is 471 g/mol. The predicted octanol–water partition coefficient (Wildman–Crippen LogP) is 2.41. The molecule has 0 aliphatic carbocycles. The molecule has 2 N–H and O–H groups in total. The molecule has 1 fully saturated rings. The summed E-state index contributed by atoms with van der Waals surface area (Å²) in [5, 5.41) is 0. The van der Waals surface area contributed by atoms with Gasteiger partial charge in [-0.2, -0.15) is 9.97 Å². The number of piperazine rings is 1. The van der Waals surface area contributed by atoms with Crippen LogP contribution in [-0.4, -0.2) is 70.6 Å². The van der Waals surface area contributed by atoms with Gasteiger partial charge >= 0.3 is 0 Å². The third-order valence-electron chi connectivity index (χ3n) is 5.83. The fourth-order valence-corrected chi connectivity index (χ4v) is 3.95. The molecule has 35 heavy (non-hydrogen) atoms. The van der Waals surface area contributed by atoms with Gasteiger partial charge in [0.05, 0.1) is 19.0 Å². The van der Waals surface area contributed by atoms with Crippen LogP contribution in [-0.2, 0) is 4.79 Å². The molecule has 0 atom stereocenters. The average molecular weight is 472 g/mol. The lowest BCUT2D eigenvalue weighted by Gasteiger charge is -2.35. The molecule has 10 nitrogen and oxygen atoms in total. The van der Waals surface area contributed by atoms with E-state index in [2.05, 4.69) is 19.9 Å². The molecule has 3 heterocycles. The van der Waals surface area contributed by atoms with Crippen molar-refractivity contribution in [1.29, 1.82) is 0 Å². The van der Waals surface area contributed by atoms with Gasteiger partial charge < -0.3 is 25.0 Å². The number of ether oxygens (including phenoxy) is 2. The summed E-state index contributed by atoms with van der Waals surface area (Å²) in [6.07, 6.45) is 1.69. The molecule has 10 heteroatoms. The summed E-state index contributed by atoms with van der Waals surface area (Å²) in [4.78, 5) is 34.5. The number of fused-ring (bicyclic) bond motifs is 1. The van der Waals surface area contributed by atoms with Crippen LogP contribution in [0.15, 0.2) is 60.8 Å². The highest BCUT2D eigenvalue weighted by molar-refractivity contribution is 5.86. The van der Waals surface area contributed by atoms with Crippen LogP contribution >= 0.6 is 0 Å². The summed E-state index contributed by atoms with van der Waals surface area (Å²) in [5.41, 5.74) is 8.68. The second-order valence-electron chi connectivity index (χ2n) is 8.03. The number of nitrogens with zero attached hydrogens (tertiary/aromatic N) is 6. The molecule has 1 aliphatic rings. The molecule has 2 aromatic heterocycles. The van der Waals surface area contributed by atoms with E-state index in [1.807, 2.05) is 30.3 Å². The van der Waals surface area contributed by atoms with Gasteiger partial charge in [-0.25, -0.2) is 9.97 Å². The van der Waals surface area contributed by atoms with E-state index in [0.717, 1.165) is 17.0 Å². The number of hydrogen-bond acceptors (Lipinski definition) is 9. The molecule has 0 spiro atoms. The summed E-state index contributed by atoms with van der Waals surface area (Å²) in [6, 6.07) is 17.0. The zero-order chi connectivity index (χ0) is 24.2. The number of hydrogen-bond donors (Lipinski definition) is 1. The Morgan fingerprint density at radius 2 is 1.66 bits per heavy atom. The maximum atomic E-state index is 12.7. The number of carbonyl (C=O) groups excluding carboxylic acids is 1. The van der Waals surface area contributed by atoms with Crippen molar-refractivity contribution in [3.05, 3.63) is 60.8 Å². The second kappa shape index (κ2) is 9.80. The van der Waals surface area contributed by atoms with E-state index in [-0.39, 0.29) is 18.5 Å². The number of aromatic nitrogens is 4. The lowest BCUT2D eigenvalue weighted by Crippen LogP contribution is -2.50. The van der Waals surface area contributed by atoms with Gasteiger partial charge in [0.1, 0.15) is 11.5 Å². The van der Waals surface area contributed by atoms with Crippen LogP contribution in [0.25, 0.3) is 22.4 Å². The average Bonchev–Trinajstić information content (AvgIpc) is 2.92. The lowest BCUT2D eigenvalue weighted by molar-refractivity contribution is -0.133. The topological polar surface area (TPSA) is 120 Å². The molecule has 1 amide bonds. The van der Waals surface area contributed by atoms with Crippen LogP contribution in [0.3, 0.4) is 0 Å². The van der Waals surface area contributed by atoms with E-state index in [1.54, 1.807) is 42.5 Å². The van der Waals surface area contributed by atoms with Crippen molar-refractivity contribution in [3.63, 3.8) is 0 Å². The van der Waals surface area contributed by atoms with E-state index in [4.69, 9.17) is 20.2 Å². The zero-order valence-corrected chi connectivity index (χ0v) is 19.3. The van der Waals surface area contributed by atoms with E-state index < -0.39 is 0 Å². The molecular formula is C25H25N7O3. The zero-order valence-electron chi connectivity index (χ0n) is 19.3. The first-order valence-electron chi connectivity index (χ1n) is 11.3. The molecule has 0 saturated carbocycles. The van der Waals surface area contributed by atoms with Crippen LogP contribution < -0.4 is 20.1 Å². The molecular weight excluding hydrogens is 446 g/mol. The van der Waals surface area contributed by atoms with E-state index >= 15 is 0 Å². The Bertz CT molecular complexity index is 1320. The molecule has 0 bridgehead atoms. The largest absolute Gasteiger partial charge is 0.497 e. The first kappa shape index (κ1) is 22.3. The summed E-state index contributed by atoms with van der Waals surface area (Å²) in [7, 11) is 1.60. The van der Waals surface area contributed by atoms with Crippen LogP contribution in [0.4, 0.5) is 11.8 Å². The Labute approximate surface area is 202 Å². The fraction of sp³-hybridized carbons (Fsp3) is 0.240. The van der Waals surface area contributed by atoms with Gasteiger partial charge in [0.2, 0.25) is 5.95 Å². The quantitative estimate of drug-likeness (QED) is 0.452. The summed E-state index contributed by atoms with van der Waals surface area (Å²) in [5.74, 6) is 2.05. The van der Waals surface area contributed by atoms with E-state index in [9.17, 15) is 4.79 Å². The van der Waals surface area contributed by atoms with Crippen molar-refractivity contribution >= 4 is 28.8 Å². The third-order valence-corrected chi connectivity index (χ3v) is 5.83. The van der Waals surface area contributed by atoms with E-state index in [0.29, 0.717) is 48.9 Å². The summed E-state index contributed by atoms with van der Waals surface area (Å²) < 4.78 is 10.8. The minimum atomic E-state index is -0.0707. The third kappa shape index (κ3) is 4.91. The van der Waals surface area contributed by atoms with Crippen molar-refractivity contribution in [3.8, 4) is 22.8 Å². The first-order valence-corrected chi connectivity index (χ1v) is 11.3. The van der Waals surface area contributed by atoms with Crippen molar-refractivity contribution in [2.75, 3.05) is 50.5 Å². The molecule has 4 aromatic rings. The van der Waals surface area contributed by atoms with Gasteiger partial charge in [0.25, 0.3) is 5.91 Å². The maximum Gasteiger partial charge on any atom is 0.260 e. The normalized spacial score (nSPS) is 13.6. The van der Waals surface area contributed by atoms with Gasteiger partial charge in [0.15, 0.2) is 23.6 Å². The molecule has 1 saturated heterocycles. The van der Waals surface area contributed by atoms with Crippen molar-refractivity contribution in [2.24, 2.45) is 0 Å². The van der Waals surface area contributed by atoms with Gasteiger partial charge in [0, 0.05) is 31.7 Å². The van der Waals surface area contributed by atoms with Crippen molar-refractivity contribution in [2.45, 2.75) is 0 Å². The minimum absolute atomic E-state index is 0.0262. The number of benzene rings is 2. The summed E-state index contributed by atoms with van der Waals surface area (Å²) in [6.45, 7) is 2.19. The number of carbonyl (C=O) groups is 1. The fourth-order valence-electron chi connectivity index (χ4n) is 3.95. The lowest BCUT2D eigenvalue weighted by atomic mass is 10.1. The predicted molar refractivity (Wildman–Crippen MR) is 132 cm³/mol. The highest BCUT2D eigenvalue weighted by Crippen LogP contribution is 2.26. The Morgan fingerprint density at radius 1 is 0.943 bits per heavy atom. The summed E-state index contributed by atoms with van der Waals surface area (Å²) >= 11 is 0. The van der Waals surface area contributed by atoms with Gasteiger partial charge in [-0.05, 0) is 24.3 Å². The van der Waals surface area contributed by atoms with Crippen molar-refractivity contribution in [1.82, 2.24) is 24.8 Å². The van der Waals surface area contributed by atoms with Crippen LogP contribution in [0.1, 0.15) is 0 Å². The molecule has 178 valence electrons. The Hall–Kier alpha value is -4.47. The first-order chi connectivity index (χ1) is 17.1. The van der Waals surface area contributed by atoms with Crippen LogP contribution in [0.5, 0.6) is 11.5 Å². The smallest absolute Gasteiger partial charge is 0.260 e. The van der Waals surface area contributed by atoms with Crippen molar-refractivity contribution < 1.29 is 14.3 Å².